The molecule has 0 aromatic carbocycles. The van der Waals surface area contributed by atoms with Gasteiger partial charge in [0.2, 0.25) is 0 Å². The van der Waals surface area contributed by atoms with E-state index in [1.54, 1.807) is 0 Å². The van der Waals surface area contributed by atoms with Crippen LogP contribution < -0.4 is 5.32 Å². The van der Waals surface area contributed by atoms with E-state index in [4.69, 9.17) is 0 Å². The van der Waals surface area contributed by atoms with Gasteiger partial charge in [0.25, 0.3) is 0 Å². The molecule has 1 aromatic rings. The Hall–Kier alpha value is 0.01000. The lowest BCUT2D eigenvalue weighted by molar-refractivity contribution is 0.495. The zero-order valence-electron chi connectivity index (χ0n) is 9.24. The molecule has 2 unspecified atom stereocenters. The van der Waals surface area contributed by atoms with Crippen molar-refractivity contribution in [1.29, 1.82) is 0 Å². The van der Waals surface area contributed by atoms with Crippen LogP contribution in [-0.4, -0.2) is 24.1 Å². The van der Waals surface area contributed by atoms with E-state index in [2.05, 4.69) is 41.6 Å². The first kappa shape index (κ1) is 11.5. The van der Waals surface area contributed by atoms with Crippen molar-refractivity contribution in [3.05, 3.63) is 22.4 Å². The largest absolute Gasteiger partial charge is 0.316 e. The zero-order chi connectivity index (χ0) is 10.5. The van der Waals surface area contributed by atoms with Gasteiger partial charge in [0.1, 0.15) is 0 Å². The van der Waals surface area contributed by atoms with Crippen LogP contribution in [0, 0.1) is 0 Å². The number of thioether (sulfide) groups is 1. The Kier molecular flexibility index (Phi) is 4.54. The molecule has 0 radical (unpaired) electrons. The third-order valence-electron chi connectivity index (χ3n) is 3.07. The van der Waals surface area contributed by atoms with Gasteiger partial charge in [-0.05, 0) is 49.9 Å². The van der Waals surface area contributed by atoms with Gasteiger partial charge in [-0.3, -0.25) is 0 Å². The minimum atomic E-state index is 0.708. The Morgan fingerprint density at radius 3 is 3.13 bits per heavy atom. The fraction of sp³-hybridized carbons (Fsp3) is 0.667. The van der Waals surface area contributed by atoms with Gasteiger partial charge in [-0.25, -0.2) is 0 Å². The van der Waals surface area contributed by atoms with E-state index >= 15 is 0 Å². The number of hydrogen-bond acceptors (Lipinski definition) is 3. The molecule has 1 N–H and O–H groups in total. The molecule has 1 aromatic heterocycles. The van der Waals surface area contributed by atoms with E-state index in [0.717, 1.165) is 5.25 Å². The lowest BCUT2D eigenvalue weighted by Gasteiger charge is -2.21. The van der Waals surface area contributed by atoms with Crippen molar-refractivity contribution in [2.24, 2.45) is 0 Å². The maximum Gasteiger partial charge on any atom is 0.0201 e. The van der Waals surface area contributed by atoms with Gasteiger partial charge in [-0.15, -0.1) is 11.3 Å². The average molecular weight is 241 g/mol. The fourth-order valence-electron chi connectivity index (χ4n) is 2.19. The second-order valence-electron chi connectivity index (χ2n) is 4.06. The normalized spacial score (nSPS) is 23.1. The van der Waals surface area contributed by atoms with Gasteiger partial charge in [-0.2, -0.15) is 11.8 Å². The molecule has 0 spiro atoms. The van der Waals surface area contributed by atoms with Gasteiger partial charge in [0.15, 0.2) is 0 Å². The van der Waals surface area contributed by atoms with Crippen LogP contribution in [0.1, 0.15) is 24.1 Å². The van der Waals surface area contributed by atoms with E-state index in [0.29, 0.717) is 6.04 Å². The lowest BCUT2D eigenvalue weighted by atomic mass is 10.0. The number of nitrogens with one attached hydrogen (secondary N) is 1. The molecule has 1 aliphatic heterocycles. The number of thiophene rings is 1. The Morgan fingerprint density at radius 1 is 1.60 bits per heavy atom. The molecule has 0 amide bonds. The van der Waals surface area contributed by atoms with Gasteiger partial charge >= 0.3 is 0 Å². The third kappa shape index (κ3) is 3.23. The maximum absolute atomic E-state index is 3.49. The molecule has 1 aliphatic rings. The first-order valence-electron chi connectivity index (χ1n) is 5.71. The van der Waals surface area contributed by atoms with E-state index in [1.165, 1.54) is 36.3 Å². The fourth-order valence-corrected chi connectivity index (χ4v) is 4.39. The molecule has 3 heteroatoms. The Bertz CT molecular complexity index is 265. The highest BCUT2D eigenvalue weighted by Gasteiger charge is 2.23. The smallest absolute Gasteiger partial charge is 0.0201 e. The summed E-state index contributed by atoms with van der Waals surface area (Å²) in [5.74, 6) is 1.36. The van der Waals surface area contributed by atoms with Gasteiger partial charge < -0.3 is 5.32 Å². The standard InChI is InChI=1S/C12H19NS2/c1-13-11(12-5-3-9-15-12)7-6-10-4-2-8-14-10/h2,4,8,11-13H,3,5-7,9H2,1H3. The molecule has 0 aliphatic carbocycles. The highest BCUT2D eigenvalue weighted by molar-refractivity contribution is 8.00. The molecule has 2 atom stereocenters. The van der Waals surface area contributed by atoms with Crippen molar-refractivity contribution >= 4 is 23.1 Å². The molecule has 15 heavy (non-hydrogen) atoms. The molecule has 2 heterocycles. The van der Waals surface area contributed by atoms with Crippen molar-refractivity contribution in [2.75, 3.05) is 12.8 Å². The first-order chi connectivity index (χ1) is 7.40. The summed E-state index contributed by atoms with van der Waals surface area (Å²) in [5.41, 5.74) is 0. The molecule has 0 saturated carbocycles. The van der Waals surface area contributed by atoms with Crippen molar-refractivity contribution in [2.45, 2.75) is 37.0 Å². The Labute approximate surface area is 101 Å². The van der Waals surface area contributed by atoms with E-state index < -0.39 is 0 Å². The van der Waals surface area contributed by atoms with Crippen LogP contribution in [0.2, 0.25) is 0 Å². The maximum atomic E-state index is 3.49. The monoisotopic (exact) mass is 241 g/mol. The predicted octanol–water partition coefficient (Wildman–Crippen LogP) is 3.16. The van der Waals surface area contributed by atoms with Crippen molar-refractivity contribution in [1.82, 2.24) is 5.32 Å². The molecule has 1 fully saturated rings. The predicted molar refractivity (Wildman–Crippen MR) is 71.0 cm³/mol. The molecule has 0 bridgehead atoms. The van der Waals surface area contributed by atoms with Crippen LogP contribution in [0.5, 0.6) is 0 Å². The minimum Gasteiger partial charge on any atom is -0.316 e. The van der Waals surface area contributed by atoms with Crippen LogP contribution in [0.15, 0.2) is 17.5 Å². The quantitative estimate of drug-likeness (QED) is 0.850. The van der Waals surface area contributed by atoms with E-state index in [9.17, 15) is 0 Å². The van der Waals surface area contributed by atoms with Gasteiger partial charge in [0.05, 0.1) is 0 Å². The summed E-state index contributed by atoms with van der Waals surface area (Å²) in [6, 6.07) is 5.11. The molecular formula is C12H19NS2. The SMILES string of the molecule is CNC(CCc1cccs1)C1CCCS1. The lowest BCUT2D eigenvalue weighted by Crippen LogP contribution is -2.34. The summed E-state index contributed by atoms with van der Waals surface area (Å²) < 4.78 is 0. The Balaban J connectivity index is 1.80. The van der Waals surface area contributed by atoms with Gasteiger partial charge in [0, 0.05) is 16.2 Å². The summed E-state index contributed by atoms with van der Waals surface area (Å²) in [5, 5.41) is 6.52. The van der Waals surface area contributed by atoms with Crippen molar-refractivity contribution < 1.29 is 0 Å². The van der Waals surface area contributed by atoms with Crippen LogP contribution >= 0.6 is 23.1 Å². The summed E-state index contributed by atoms with van der Waals surface area (Å²) >= 11 is 4.04. The van der Waals surface area contributed by atoms with E-state index in [-0.39, 0.29) is 0 Å². The van der Waals surface area contributed by atoms with Crippen LogP contribution in [-0.2, 0) is 6.42 Å². The van der Waals surface area contributed by atoms with Crippen molar-refractivity contribution in [3.63, 3.8) is 0 Å². The molecule has 2 rings (SSSR count). The third-order valence-corrected chi connectivity index (χ3v) is 5.52. The number of aryl methyl sites for hydroxylation is 1. The number of hydrogen-bond donors (Lipinski definition) is 1. The number of rotatable bonds is 5. The van der Waals surface area contributed by atoms with Crippen LogP contribution in [0.25, 0.3) is 0 Å². The van der Waals surface area contributed by atoms with E-state index in [1.807, 2.05) is 11.3 Å². The molecular weight excluding hydrogens is 222 g/mol. The van der Waals surface area contributed by atoms with Crippen LogP contribution in [0.3, 0.4) is 0 Å². The molecule has 84 valence electrons. The highest BCUT2D eigenvalue weighted by Crippen LogP contribution is 2.30. The molecule has 1 saturated heterocycles. The van der Waals surface area contributed by atoms with Crippen molar-refractivity contribution in [3.8, 4) is 0 Å². The average Bonchev–Trinajstić information content (AvgIpc) is 2.90. The second kappa shape index (κ2) is 5.92. The topological polar surface area (TPSA) is 12.0 Å². The first-order valence-corrected chi connectivity index (χ1v) is 7.64. The summed E-state index contributed by atoms with van der Waals surface area (Å²) in [6.45, 7) is 0. The second-order valence-corrected chi connectivity index (χ2v) is 6.44. The minimum absolute atomic E-state index is 0.708. The summed E-state index contributed by atoms with van der Waals surface area (Å²) in [7, 11) is 2.11. The van der Waals surface area contributed by atoms with Crippen LogP contribution in [0.4, 0.5) is 0 Å². The summed E-state index contributed by atoms with van der Waals surface area (Å²) in [4.78, 5) is 1.53. The summed E-state index contributed by atoms with van der Waals surface area (Å²) in [6.07, 6.45) is 5.34. The zero-order valence-corrected chi connectivity index (χ0v) is 10.9. The van der Waals surface area contributed by atoms with Gasteiger partial charge in [-0.1, -0.05) is 6.07 Å². The Morgan fingerprint density at radius 2 is 2.53 bits per heavy atom. The molecule has 1 nitrogen and oxygen atoms in total. The highest BCUT2D eigenvalue weighted by atomic mass is 32.2.